The molecule has 4 nitrogen and oxygen atoms in total. The molecule has 0 bridgehead atoms. The van der Waals surface area contributed by atoms with Crippen LogP contribution in [0.5, 0.6) is 0 Å². The average Bonchev–Trinajstić information content (AvgIpc) is 2.80. The second-order valence-corrected chi connectivity index (χ2v) is 7.92. The summed E-state index contributed by atoms with van der Waals surface area (Å²) in [7, 11) is 0. The van der Waals surface area contributed by atoms with E-state index < -0.39 is 0 Å². The third kappa shape index (κ3) is 3.68. The van der Waals surface area contributed by atoms with E-state index in [1.165, 1.54) is 16.7 Å². The first kappa shape index (κ1) is 18.1. The lowest BCUT2D eigenvalue weighted by Crippen LogP contribution is -2.38. The van der Waals surface area contributed by atoms with Crippen LogP contribution in [0, 0.1) is 0 Å². The number of fused-ring (bicyclic) bond motifs is 1. The van der Waals surface area contributed by atoms with E-state index in [-0.39, 0.29) is 5.56 Å². The van der Waals surface area contributed by atoms with Gasteiger partial charge in [0.15, 0.2) is 0 Å². The first-order valence-corrected chi connectivity index (χ1v) is 10.5. The maximum atomic E-state index is 12.5. The second kappa shape index (κ2) is 7.80. The Bertz CT molecular complexity index is 1140. The van der Waals surface area contributed by atoms with Crippen molar-refractivity contribution in [2.75, 3.05) is 13.1 Å². The number of hydrogen-bond donors (Lipinski definition) is 1. The Kier molecular flexibility index (Phi) is 4.86. The molecular formula is C25H25N3O. The van der Waals surface area contributed by atoms with E-state index in [4.69, 9.17) is 4.98 Å². The van der Waals surface area contributed by atoms with E-state index in [0.29, 0.717) is 11.4 Å². The minimum absolute atomic E-state index is 0.0537. The largest absolute Gasteiger partial charge is 0.306 e. The average molecular weight is 383 g/mol. The van der Waals surface area contributed by atoms with Crippen LogP contribution in [0.1, 0.15) is 37.1 Å². The van der Waals surface area contributed by atoms with Crippen LogP contribution in [0.4, 0.5) is 0 Å². The molecule has 29 heavy (non-hydrogen) atoms. The van der Waals surface area contributed by atoms with E-state index in [0.717, 1.165) is 50.1 Å². The lowest BCUT2D eigenvalue weighted by Gasteiger charge is -2.35. The summed E-state index contributed by atoms with van der Waals surface area (Å²) in [4.78, 5) is 22.7. The molecule has 1 unspecified atom stereocenters. The van der Waals surface area contributed by atoms with Crippen LogP contribution in [0.15, 0.2) is 71.5 Å². The Labute approximate surface area is 170 Å². The topological polar surface area (TPSA) is 49.0 Å². The van der Waals surface area contributed by atoms with Crippen LogP contribution >= 0.6 is 0 Å². The lowest BCUT2D eigenvalue weighted by atomic mass is 9.92. The number of H-pyrrole nitrogens is 1. The summed E-state index contributed by atoms with van der Waals surface area (Å²) in [6, 6.07) is 18.6. The summed E-state index contributed by atoms with van der Waals surface area (Å²) in [5.41, 5.74) is 4.67. The summed E-state index contributed by atoms with van der Waals surface area (Å²) in [6.07, 6.45) is 9.04. The van der Waals surface area contributed by atoms with Gasteiger partial charge in [0.05, 0.1) is 10.9 Å². The van der Waals surface area contributed by atoms with E-state index >= 15 is 0 Å². The van der Waals surface area contributed by atoms with Crippen LogP contribution in [0.2, 0.25) is 0 Å². The molecule has 1 aliphatic heterocycles. The Morgan fingerprint density at radius 3 is 2.62 bits per heavy atom. The van der Waals surface area contributed by atoms with Gasteiger partial charge in [0.25, 0.3) is 5.56 Å². The first-order chi connectivity index (χ1) is 14.3. The van der Waals surface area contributed by atoms with Crippen LogP contribution < -0.4 is 5.56 Å². The van der Waals surface area contributed by atoms with E-state index in [1.54, 1.807) is 0 Å². The predicted molar refractivity (Wildman–Crippen MR) is 119 cm³/mol. The molecule has 0 fully saturated rings. The van der Waals surface area contributed by atoms with Gasteiger partial charge < -0.3 is 4.98 Å². The third-order valence-electron chi connectivity index (χ3n) is 6.11. The molecule has 2 heterocycles. The van der Waals surface area contributed by atoms with E-state index in [9.17, 15) is 4.79 Å². The van der Waals surface area contributed by atoms with Crippen molar-refractivity contribution >= 4 is 22.0 Å². The smallest absolute Gasteiger partial charge is 0.259 e. The molecule has 1 aromatic heterocycles. The molecule has 146 valence electrons. The number of aromatic amines is 1. The maximum absolute atomic E-state index is 12.5. The number of rotatable bonds is 3. The van der Waals surface area contributed by atoms with Gasteiger partial charge in [0.2, 0.25) is 0 Å². The van der Waals surface area contributed by atoms with Gasteiger partial charge in [-0.25, -0.2) is 4.98 Å². The molecule has 3 aromatic rings. The van der Waals surface area contributed by atoms with Gasteiger partial charge >= 0.3 is 0 Å². The van der Waals surface area contributed by atoms with Gasteiger partial charge in [0, 0.05) is 19.1 Å². The van der Waals surface area contributed by atoms with Gasteiger partial charge in [-0.3, -0.25) is 9.69 Å². The molecule has 0 radical (unpaired) electrons. The molecule has 1 atom stereocenters. The fraction of sp³-hybridized carbons (Fsp3) is 0.280. The molecule has 4 heteroatoms. The molecule has 0 amide bonds. The van der Waals surface area contributed by atoms with Crippen LogP contribution in [0.25, 0.3) is 22.0 Å². The molecular weight excluding hydrogens is 358 g/mol. The standard InChI is InChI=1S/C25H25N3O/c29-25-22-11-4-5-12-23(22)26-24(27-25)20-9-6-10-21(17-20)28-15-13-19(14-16-28)18-7-2-1-3-8-18/h1-5,7-8,11-13,17,21H,6,9-10,14-16H2,(H,26,27,29). The van der Waals surface area contributed by atoms with Crippen molar-refractivity contribution in [3.8, 4) is 0 Å². The van der Waals surface area contributed by atoms with Crippen molar-refractivity contribution in [3.05, 3.63) is 88.5 Å². The highest BCUT2D eigenvalue weighted by Gasteiger charge is 2.24. The van der Waals surface area contributed by atoms with Crippen LogP contribution in [-0.2, 0) is 0 Å². The number of nitrogens with zero attached hydrogens (tertiary/aromatic N) is 2. The van der Waals surface area contributed by atoms with Crippen molar-refractivity contribution in [1.82, 2.24) is 14.9 Å². The number of allylic oxidation sites excluding steroid dienone is 1. The fourth-order valence-corrected chi connectivity index (χ4v) is 4.52. The fourth-order valence-electron chi connectivity index (χ4n) is 4.52. The number of benzene rings is 2. The van der Waals surface area contributed by atoms with Gasteiger partial charge in [-0.05, 0) is 54.5 Å². The summed E-state index contributed by atoms with van der Waals surface area (Å²) < 4.78 is 0. The van der Waals surface area contributed by atoms with Crippen molar-refractivity contribution in [3.63, 3.8) is 0 Å². The van der Waals surface area contributed by atoms with Gasteiger partial charge in [-0.15, -0.1) is 0 Å². The highest BCUT2D eigenvalue weighted by molar-refractivity contribution is 5.79. The Morgan fingerprint density at radius 2 is 1.79 bits per heavy atom. The van der Waals surface area contributed by atoms with Crippen molar-refractivity contribution in [2.45, 2.75) is 31.7 Å². The molecule has 0 spiro atoms. The lowest BCUT2D eigenvalue weighted by molar-refractivity contribution is 0.236. The number of hydrogen-bond acceptors (Lipinski definition) is 3. The molecule has 5 rings (SSSR count). The Hall–Kier alpha value is -2.98. The number of nitrogens with one attached hydrogen (secondary N) is 1. The molecule has 2 aliphatic rings. The molecule has 0 saturated carbocycles. The SMILES string of the molecule is O=c1[nH]c(C2=CC(N3CC=C(c4ccccc4)CC3)CCC2)nc2ccccc12. The monoisotopic (exact) mass is 383 g/mol. The number of para-hydroxylation sites is 1. The van der Waals surface area contributed by atoms with Crippen molar-refractivity contribution in [1.29, 1.82) is 0 Å². The van der Waals surface area contributed by atoms with Gasteiger partial charge in [-0.1, -0.05) is 54.6 Å². The minimum Gasteiger partial charge on any atom is -0.306 e. The Balaban J connectivity index is 1.39. The van der Waals surface area contributed by atoms with E-state index in [2.05, 4.69) is 52.4 Å². The van der Waals surface area contributed by atoms with Crippen LogP contribution in [0.3, 0.4) is 0 Å². The summed E-state index contributed by atoms with van der Waals surface area (Å²) in [6.45, 7) is 2.04. The highest BCUT2D eigenvalue weighted by Crippen LogP contribution is 2.30. The zero-order valence-electron chi connectivity index (χ0n) is 16.5. The minimum atomic E-state index is -0.0537. The highest BCUT2D eigenvalue weighted by atomic mass is 16.1. The number of aromatic nitrogens is 2. The summed E-state index contributed by atoms with van der Waals surface area (Å²) >= 11 is 0. The quantitative estimate of drug-likeness (QED) is 0.716. The molecule has 0 saturated heterocycles. The molecule has 1 N–H and O–H groups in total. The summed E-state index contributed by atoms with van der Waals surface area (Å²) in [5, 5.41) is 0.652. The zero-order chi connectivity index (χ0) is 19.6. The Morgan fingerprint density at radius 1 is 0.966 bits per heavy atom. The van der Waals surface area contributed by atoms with Crippen LogP contribution in [-0.4, -0.2) is 34.0 Å². The van der Waals surface area contributed by atoms with Gasteiger partial charge in [-0.2, -0.15) is 0 Å². The molecule has 2 aromatic carbocycles. The third-order valence-corrected chi connectivity index (χ3v) is 6.11. The maximum Gasteiger partial charge on any atom is 0.259 e. The first-order valence-electron chi connectivity index (χ1n) is 10.5. The normalized spacial score (nSPS) is 20.3. The molecule has 1 aliphatic carbocycles. The van der Waals surface area contributed by atoms with Gasteiger partial charge in [0.1, 0.15) is 5.82 Å². The van der Waals surface area contributed by atoms with E-state index in [1.807, 2.05) is 24.3 Å². The predicted octanol–water partition coefficient (Wildman–Crippen LogP) is 4.65. The zero-order valence-corrected chi connectivity index (χ0v) is 16.5. The van der Waals surface area contributed by atoms with Crippen molar-refractivity contribution in [2.24, 2.45) is 0 Å². The second-order valence-electron chi connectivity index (χ2n) is 7.92. The summed E-state index contributed by atoms with van der Waals surface area (Å²) in [5.74, 6) is 0.732. The van der Waals surface area contributed by atoms with Crippen molar-refractivity contribution < 1.29 is 0 Å².